The number of hydrogen-bond donors (Lipinski definition) is 1. The van der Waals surface area contributed by atoms with Crippen molar-refractivity contribution in [2.45, 2.75) is 32.7 Å². The largest absolute Gasteiger partial charge is 0.469 e. The molecule has 0 spiro atoms. The number of hydrogen-bond acceptors (Lipinski definition) is 3. The van der Waals surface area contributed by atoms with Crippen molar-refractivity contribution in [3.8, 4) is 0 Å². The summed E-state index contributed by atoms with van der Waals surface area (Å²) >= 11 is 1.91. The van der Waals surface area contributed by atoms with Crippen LogP contribution >= 0.6 is 11.3 Å². The van der Waals surface area contributed by atoms with E-state index >= 15 is 0 Å². The van der Waals surface area contributed by atoms with Crippen LogP contribution < -0.4 is 5.32 Å². The van der Waals surface area contributed by atoms with E-state index in [0.717, 1.165) is 18.6 Å². The Balaban J connectivity index is 2.09. The van der Waals surface area contributed by atoms with E-state index in [0.29, 0.717) is 6.04 Å². The molecule has 1 N–H and O–H groups in total. The Hall–Kier alpha value is -1.06. The first-order valence-electron chi connectivity index (χ1n) is 6.02. The minimum Gasteiger partial charge on any atom is -0.469 e. The van der Waals surface area contributed by atoms with Gasteiger partial charge in [0.15, 0.2) is 0 Å². The van der Waals surface area contributed by atoms with Crippen LogP contribution in [0.1, 0.15) is 34.0 Å². The summed E-state index contributed by atoms with van der Waals surface area (Å²) in [5.74, 6) is 0.973. The summed E-state index contributed by atoms with van der Waals surface area (Å²) in [4.78, 5) is 2.89. The molecule has 0 fully saturated rings. The Kier molecular flexibility index (Phi) is 4.02. The highest BCUT2D eigenvalue weighted by molar-refractivity contribution is 7.11. The normalized spacial score (nSPS) is 12.9. The van der Waals surface area contributed by atoms with Gasteiger partial charge in [-0.05, 0) is 38.6 Å². The number of nitrogens with one attached hydrogen (secondary N) is 1. The number of furan rings is 1. The van der Waals surface area contributed by atoms with E-state index in [1.165, 1.54) is 15.3 Å². The summed E-state index contributed by atoms with van der Waals surface area (Å²) < 4.78 is 5.37. The van der Waals surface area contributed by atoms with Crippen LogP contribution in [0, 0.1) is 6.92 Å². The van der Waals surface area contributed by atoms with Crippen molar-refractivity contribution in [3.05, 3.63) is 45.5 Å². The lowest BCUT2D eigenvalue weighted by molar-refractivity contribution is 0.521. The van der Waals surface area contributed by atoms with Crippen molar-refractivity contribution in [1.29, 1.82) is 0 Å². The predicted octanol–water partition coefficient (Wildman–Crippen LogP) is 3.72. The zero-order valence-electron chi connectivity index (χ0n) is 10.6. The predicted molar refractivity (Wildman–Crippen MR) is 72.6 cm³/mol. The molecule has 0 aliphatic heterocycles. The van der Waals surface area contributed by atoms with E-state index in [-0.39, 0.29) is 0 Å². The maximum Gasteiger partial charge on any atom is 0.101 e. The Morgan fingerprint density at radius 2 is 2.12 bits per heavy atom. The van der Waals surface area contributed by atoms with E-state index in [2.05, 4.69) is 30.4 Å². The van der Waals surface area contributed by atoms with Gasteiger partial charge in [0, 0.05) is 27.8 Å². The molecular formula is C14H19NOS. The first kappa shape index (κ1) is 12.4. The first-order valence-corrected chi connectivity index (χ1v) is 6.84. The third-order valence-corrected chi connectivity index (χ3v) is 4.22. The molecule has 2 aromatic rings. The van der Waals surface area contributed by atoms with Crippen LogP contribution in [-0.4, -0.2) is 7.05 Å². The molecule has 1 unspecified atom stereocenters. The van der Waals surface area contributed by atoms with Gasteiger partial charge in [0.25, 0.3) is 0 Å². The summed E-state index contributed by atoms with van der Waals surface area (Å²) in [7, 11) is 2.00. The molecular weight excluding hydrogens is 230 g/mol. The molecule has 0 saturated carbocycles. The summed E-state index contributed by atoms with van der Waals surface area (Å²) in [6, 6.07) is 6.92. The van der Waals surface area contributed by atoms with Gasteiger partial charge in [-0.3, -0.25) is 0 Å². The number of rotatable bonds is 5. The molecule has 2 aromatic heterocycles. The van der Waals surface area contributed by atoms with E-state index < -0.39 is 0 Å². The maximum atomic E-state index is 5.37. The Labute approximate surface area is 107 Å². The maximum absolute atomic E-state index is 5.37. The molecule has 0 aliphatic carbocycles. The van der Waals surface area contributed by atoms with Crippen LogP contribution in [0.15, 0.2) is 28.9 Å². The smallest absolute Gasteiger partial charge is 0.101 e. The summed E-state index contributed by atoms with van der Waals surface area (Å²) in [6.07, 6.45) is 4.00. The highest BCUT2D eigenvalue weighted by Gasteiger charge is 2.13. The van der Waals surface area contributed by atoms with Gasteiger partial charge < -0.3 is 9.73 Å². The van der Waals surface area contributed by atoms with Crippen molar-refractivity contribution in [1.82, 2.24) is 5.32 Å². The number of thiophene rings is 1. The third-order valence-electron chi connectivity index (χ3n) is 2.97. The minimum absolute atomic E-state index is 0.343. The topological polar surface area (TPSA) is 25.2 Å². The lowest BCUT2D eigenvalue weighted by Crippen LogP contribution is -2.17. The van der Waals surface area contributed by atoms with Gasteiger partial charge in [0.2, 0.25) is 0 Å². The highest BCUT2D eigenvalue weighted by Crippen LogP contribution is 2.25. The summed E-state index contributed by atoms with van der Waals surface area (Å²) in [5, 5.41) is 3.35. The fourth-order valence-corrected chi connectivity index (χ4v) is 2.96. The zero-order chi connectivity index (χ0) is 12.3. The Bertz CT molecular complexity index is 472. The average molecular weight is 249 g/mol. The van der Waals surface area contributed by atoms with Crippen LogP contribution in [-0.2, 0) is 12.8 Å². The average Bonchev–Trinajstić information content (AvgIpc) is 2.94. The molecule has 0 radical (unpaired) electrons. The molecule has 0 saturated heterocycles. The van der Waals surface area contributed by atoms with E-state index in [1.807, 2.05) is 31.6 Å². The van der Waals surface area contributed by atoms with Gasteiger partial charge in [0.05, 0.1) is 6.26 Å². The monoisotopic (exact) mass is 249 g/mol. The van der Waals surface area contributed by atoms with Crippen molar-refractivity contribution >= 4 is 11.3 Å². The molecule has 0 aliphatic rings. The Morgan fingerprint density at radius 1 is 1.35 bits per heavy atom. The minimum atomic E-state index is 0.343. The molecule has 2 rings (SSSR count). The third kappa shape index (κ3) is 2.99. The SMILES string of the molecule is CCc1ccc(CC(NC)c2coc(C)c2)s1. The second-order valence-corrected chi connectivity index (χ2v) is 5.51. The van der Waals surface area contributed by atoms with E-state index in [4.69, 9.17) is 4.42 Å². The fraction of sp³-hybridized carbons (Fsp3) is 0.429. The molecule has 0 bridgehead atoms. The van der Waals surface area contributed by atoms with Gasteiger partial charge in [-0.2, -0.15) is 0 Å². The molecule has 0 amide bonds. The van der Waals surface area contributed by atoms with Gasteiger partial charge in [-0.15, -0.1) is 11.3 Å². The van der Waals surface area contributed by atoms with Crippen molar-refractivity contribution < 1.29 is 4.42 Å². The van der Waals surface area contributed by atoms with Gasteiger partial charge >= 0.3 is 0 Å². The summed E-state index contributed by atoms with van der Waals surface area (Å²) in [6.45, 7) is 4.18. The molecule has 92 valence electrons. The first-order chi connectivity index (χ1) is 8.22. The number of likely N-dealkylation sites (N-methyl/N-ethyl adjacent to an activating group) is 1. The second-order valence-electron chi connectivity index (χ2n) is 4.26. The summed E-state index contributed by atoms with van der Waals surface area (Å²) in [5.41, 5.74) is 1.23. The van der Waals surface area contributed by atoms with E-state index in [1.54, 1.807) is 0 Å². The molecule has 2 heterocycles. The van der Waals surface area contributed by atoms with Crippen molar-refractivity contribution in [2.75, 3.05) is 7.05 Å². The molecule has 0 aromatic carbocycles. The molecule has 1 atom stereocenters. The van der Waals surface area contributed by atoms with Crippen LogP contribution in [0.3, 0.4) is 0 Å². The highest BCUT2D eigenvalue weighted by atomic mass is 32.1. The Morgan fingerprint density at radius 3 is 2.65 bits per heavy atom. The van der Waals surface area contributed by atoms with Crippen LogP contribution in [0.5, 0.6) is 0 Å². The van der Waals surface area contributed by atoms with Crippen LogP contribution in [0.2, 0.25) is 0 Å². The zero-order valence-corrected chi connectivity index (χ0v) is 11.4. The molecule has 17 heavy (non-hydrogen) atoms. The van der Waals surface area contributed by atoms with Crippen LogP contribution in [0.25, 0.3) is 0 Å². The lowest BCUT2D eigenvalue weighted by atomic mass is 10.1. The lowest BCUT2D eigenvalue weighted by Gasteiger charge is -2.12. The number of aryl methyl sites for hydroxylation is 2. The van der Waals surface area contributed by atoms with Crippen molar-refractivity contribution in [2.24, 2.45) is 0 Å². The van der Waals surface area contributed by atoms with Gasteiger partial charge in [0.1, 0.15) is 5.76 Å². The second kappa shape index (κ2) is 5.52. The van der Waals surface area contributed by atoms with Gasteiger partial charge in [-0.25, -0.2) is 0 Å². The van der Waals surface area contributed by atoms with E-state index in [9.17, 15) is 0 Å². The van der Waals surface area contributed by atoms with Gasteiger partial charge in [-0.1, -0.05) is 6.92 Å². The molecule has 2 nitrogen and oxygen atoms in total. The molecule has 3 heteroatoms. The van der Waals surface area contributed by atoms with Crippen molar-refractivity contribution in [3.63, 3.8) is 0 Å². The van der Waals surface area contributed by atoms with Crippen LogP contribution in [0.4, 0.5) is 0 Å². The fourth-order valence-electron chi connectivity index (χ4n) is 1.96. The standard InChI is InChI=1S/C14H19NOS/c1-4-12-5-6-13(17-12)8-14(15-3)11-7-10(2)16-9-11/h5-7,9,14-15H,4,8H2,1-3H3. The quantitative estimate of drug-likeness (QED) is 0.873.